The van der Waals surface area contributed by atoms with E-state index in [9.17, 15) is 0 Å². The van der Waals surface area contributed by atoms with Crippen LogP contribution in [0.4, 0.5) is 0 Å². The lowest BCUT2D eigenvalue weighted by Gasteiger charge is -2.32. The van der Waals surface area contributed by atoms with E-state index in [4.69, 9.17) is 9.47 Å². The van der Waals surface area contributed by atoms with Gasteiger partial charge >= 0.3 is 0 Å². The minimum Gasteiger partial charge on any atom is -0.382 e. The summed E-state index contributed by atoms with van der Waals surface area (Å²) < 4.78 is 10.8. The topological polar surface area (TPSA) is 18.5 Å². The standard InChI is InChI=1S/C10H22O2/c1-8(2)10(4,5)12-9(3)7-11-6/h8-9H,7H2,1-6H3. The van der Waals surface area contributed by atoms with E-state index in [0.29, 0.717) is 12.5 Å². The Morgan fingerprint density at radius 2 is 1.67 bits per heavy atom. The molecule has 74 valence electrons. The highest BCUT2D eigenvalue weighted by Gasteiger charge is 2.25. The lowest BCUT2D eigenvalue weighted by molar-refractivity contribution is -0.110. The Kier molecular flexibility index (Phi) is 4.80. The van der Waals surface area contributed by atoms with Crippen LogP contribution in [-0.2, 0) is 9.47 Å². The van der Waals surface area contributed by atoms with Gasteiger partial charge in [0.25, 0.3) is 0 Å². The van der Waals surface area contributed by atoms with Crippen molar-refractivity contribution in [3.63, 3.8) is 0 Å². The first-order chi connectivity index (χ1) is 5.40. The van der Waals surface area contributed by atoms with Crippen molar-refractivity contribution in [1.82, 2.24) is 0 Å². The molecule has 2 heteroatoms. The summed E-state index contributed by atoms with van der Waals surface area (Å²) in [7, 11) is 1.70. The molecule has 0 aromatic carbocycles. The van der Waals surface area contributed by atoms with Crippen LogP contribution >= 0.6 is 0 Å². The number of hydrogen-bond acceptors (Lipinski definition) is 2. The van der Waals surface area contributed by atoms with E-state index in [1.54, 1.807) is 7.11 Å². The quantitative estimate of drug-likeness (QED) is 0.637. The average molecular weight is 174 g/mol. The Hall–Kier alpha value is -0.0800. The SMILES string of the molecule is COCC(C)OC(C)(C)C(C)C. The molecule has 0 aromatic rings. The highest BCUT2D eigenvalue weighted by molar-refractivity contribution is 4.74. The molecule has 0 amide bonds. The largest absolute Gasteiger partial charge is 0.382 e. The van der Waals surface area contributed by atoms with E-state index in [2.05, 4.69) is 27.7 Å². The molecule has 1 unspecified atom stereocenters. The van der Waals surface area contributed by atoms with E-state index in [-0.39, 0.29) is 11.7 Å². The smallest absolute Gasteiger partial charge is 0.0787 e. The molecule has 0 heterocycles. The second kappa shape index (κ2) is 4.83. The van der Waals surface area contributed by atoms with Crippen LogP contribution < -0.4 is 0 Å². The summed E-state index contributed by atoms with van der Waals surface area (Å²) in [5.74, 6) is 0.525. The van der Waals surface area contributed by atoms with E-state index in [1.165, 1.54) is 0 Å². The van der Waals surface area contributed by atoms with Gasteiger partial charge in [-0.2, -0.15) is 0 Å². The molecular formula is C10H22O2. The first kappa shape index (κ1) is 11.9. The van der Waals surface area contributed by atoms with E-state index in [0.717, 1.165) is 0 Å². The van der Waals surface area contributed by atoms with Crippen molar-refractivity contribution >= 4 is 0 Å². The van der Waals surface area contributed by atoms with Crippen LogP contribution in [-0.4, -0.2) is 25.4 Å². The van der Waals surface area contributed by atoms with Gasteiger partial charge in [-0.15, -0.1) is 0 Å². The summed E-state index contributed by atoms with van der Waals surface area (Å²) in [6.45, 7) is 11.3. The van der Waals surface area contributed by atoms with Crippen LogP contribution in [0.1, 0.15) is 34.6 Å². The molecule has 0 fully saturated rings. The van der Waals surface area contributed by atoms with Crippen molar-refractivity contribution in [2.75, 3.05) is 13.7 Å². The lowest BCUT2D eigenvalue weighted by Crippen LogP contribution is -2.36. The molecule has 12 heavy (non-hydrogen) atoms. The molecule has 0 bridgehead atoms. The minimum atomic E-state index is -0.0576. The molecule has 0 aliphatic carbocycles. The van der Waals surface area contributed by atoms with E-state index < -0.39 is 0 Å². The molecular weight excluding hydrogens is 152 g/mol. The molecule has 1 atom stereocenters. The Morgan fingerprint density at radius 1 is 1.17 bits per heavy atom. The van der Waals surface area contributed by atoms with Gasteiger partial charge in [0.05, 0.1) is 18.3 Å². The monoisotopic (exact) mass is 174 g/mol. The maximum atomic E-state index is 5.81. The predicted octanol–water partition coefficient (Wildman–Crippen LogP) is 2.47. The zero-order valence-electron chi connectivity index (χ0n) is 9.18. The minimum absolute atomic E-state index is 0.0576. The van der Waals surface area contributed by atoms with Gasteiger partial charge in [-0.05, 0) is 26.7 Å². The van der Waals surface area contributed by atoms with Gasteiger partial charge in [0.15, 0.2) is 0 Å². The first-order valence-electron chi connectivity index (χ1n) is 4.57. The van der Waals surface area contributed by atoms with Crippen molar-refractivity contribution in [2.45, 2.75) is 46.3 Å². The third-order valence-electron chi connectivity index (χ3n) is 2.30. The highest BCUT2D eigenvalue weighted by atomic mass is 16.5. The number of methoxy groups -OCH3 is 1. The summed E-state index contributed by atoms with van der Waals surface area (Å²) in [6, 6.07) is 0. The highest BCUT2D eigenvalue weighted by Crippen LogP contribution is 2.21. The van der Waals surface area contributed by atoms with Crippen molar-refractivity contribution in [3.8, 4) is 0 Å². The maximum absolute atomic E-state index is 5.81. The normalized spacial score (nSPS) is 15.2. The van der Waals surface area contributed by atoms with Crippen molar-refractivity contribution in [2.24, 2.45) is 5.92 Å². The van der Waals surface area contributed by atoms with E-state index in [1.807, 2.05) is 6.92 Å². The Labute approximate surface area is 76.3 Å². The third kappa shape index (κ3) is 4.07. The summed E-state index contributed by atoms with van der Waals surface area (Å²) >= 11 is 0. The molecule has 0 aliphatic rings. The molecule has 0 saturated carbocycles. The first-order valence-corrected chi connectivity index (χ1v) is 4.57. The zero-order valence-corrected chi connectivity index (χ0v) is 9.18. The molecule has 0 saturated heterocycles. The van der Waals surface area contributed by atoms with Crippen molar-refractivity contribution < 1.29 is 9.47 Å². The van der Waals surface area contributed by atoms with Crippen molar-refractivity contribution in [1.29, 1.82) is 0 Å². The van der Waals surface area contributed by atoms with E-state index >= 15 is 0 Å². The van der Waals surface area contributed by atoms with Gasteiger partial charge in [-0.3, -0.25) is 0 Å². The molecule has 0 rings (SSSR count). The Morgan fingerprint density at radius 3 is 2.00 bits per heavy atom. The van der Waals surface area contributed by atoms with Gasteiger partial charge < -0.3 is 9.47 Å². The van der Waals surface area contributed by atoms with Crippen LogP contribution in [0.25, 0.3) is 0 Å². The summed E-state index contributed by atoms with van der Waals surface area (Å²) in [5, 5.41) is 0. The summed E-state index contributed by atoms with van der Waals surface area (Å²) in [4.78, 5) is 0. The second-order valence-electron chi connectivity index (χ2n) is 4.14. The molecule has 0 N–H and O–H groups in total. The fourth-order valence-electron chi connectivity index (χ4n) is 0.923. The van der Waals surface area contributed by atoms with Gasteiger partial charge in [0.2, 0.25) is 0 Å². The fraction of sp³-hybridized carbons (Fsp3) is 1.00. The van der Waals surface area contributed by atoms with Crippen LogP contribution in [0.5, 0.6) is 0 Å². The Bertz CT molecular complexity index is 119. The number of hydrogen-bond donors (Lipinski definition) is 0. The van der Waals surface area contributed by atoms with Gasteiger partial charge in [-0.1, -0.05) is 13.8 Å². The van der Waals surface area contributed by atoms with Crippen LogP contribution in [0.3, 0.4) is 0 Å². The third-order valence-corrected chi connectivity index (χ3v) is 2.30. The molecule has 0 aromatic heterocycles. The molecule has 0 spiro atoms. The zero-order chi connectivity index (χ0) is 9.78. The summed E-state index contributed by atoms with van der Waals surface area (Å²) in [6.07, 6.45) is 0.174. The van der Waals surface area contributed by atoms with Crippen LogP contribution in [0.15, 0.2) is 0 Å². The Balaban J connectivity index is 3.88. The van der Waals surface area contributed by atoms with Crippen LogP contribution in [0.2, 0.25) is 0 Å². The average Bonchev–Trinajstić information content (AvgIpc) is 1.85. The number of ether oxygens (including phenoxy) is 2. The molecule has 0 aliphatic heterocycles. The summed E-state index contributed by atoms with van der Waals surface area (Å²) in [5.41, 5.74) is -0.0576. The van der Waals surface area contributed by atoms with Gasteiger partial charge in [-0.25, -0.2) is 0 Å². The van der Waals surface area contributed by atoms with Gasteiger partial charge in [0.1, 0.15) is 0 Å². The second-order valence-corrected chi connectivity index (χ2v) is 4.14. The van der Waals surface area contributed by atoms with Crippen LogP contribution in [0, 0.1) is 5.92 Å². The predicted molar refractivity (Wildman–Crippen MR) is 51.3 cm³/mol. The fourth-order valence-corrected chi connectivity index (χ4v) is 0.923. The maximum Gasteiger partial charge on any atom is 0.0787 e. The van der Waals surface area contributed by atoms with Gasteiger partial charge in [0, 0.05) is 7.11 Å². The molecule has 2 nitrogen and oxygen atoms in total. The molecule has 0 radical (unpaired) electrons. The van der Waals surface area contributed by atoms with Crippen molar-refractivity contribution in [3.05, 3.63) is 0 Å². The lowest BCUT2D eigenvalue weighted by atomic mass is 9.94. The number of rotatable bonds is 5.